The number of rotatable bonds is 5. The van der Waals surface area contributed by atoms with Crippen molar-refractivity contribution in [1.29, 1.82) is 0 Å². The van der Waals surface area contributed by atoms with E-state index in [1.165, 1.54) is 16.3 Å². The Labute approximate surface area is 184 Å². The molecule has 162 valence electrons. The van der Waals surface area contributed by atoms with Crippen LogP contribution < -0.4 is 10.1 Å². The maximum Gasteiger partial charge on any atom is 0.311 e. The van der Waals surface area contributed by atoms with Crippen LogP contribution in [-0.2, 0) is 16.1 Å². The van der Waals surface area contributed by atoms with Crippen LogP contribution in [0, 0.1) is 5.41 Å². The van der Waals surface area contributed by atoms with Gasteiger partial charge in [-0.05, 0) is 73.8 Å². The Morgan fingerprint density at radius 3 is 2.48 bits per heavy atom. The molecule has 0 aliphatic carbocycles. The Bertz CT molecular complexity index is 1040. The smallest absolute Gasteiger partial charge is 0.311 e. The number of ether oxygens (including phenoxy) is 2. The second-order valence-corrected chi connectivity index (χ2v) is 9.33. The molecule has 2 unspecified atom stereocenters. The third kappa shape index (κ3) is 5.26. The van der Waals surface area contributed by atoms with E-state index in [-0.39, 0.29) is 18.0 Å². The fourth-order valence-electron chi connectivity index (χ4n) is 3.96. The molecule has 3 aromatic rings. The summed E-state index contributed by atoms with van der Waals surface area (Å²) in [4.78, 5) is 12.4. The first-order valence-electron chi connectivity index (χ1n) is 11.0. The molecule has 0 aromatic heterocycles. The molecule has 4 heteroatoms. The highest BCUT2D eigenvalue weighted by atomic mass is 16.5. The van der Waals surface area contributed by atoms with Gasteiger partial charge >= 0.3 is 5.97 Å². The molecule has 1 fully saturated rings. The van der Waals surface area contributed by atoms with Crippen LogP contribution in [0.1, 0.15) is 44.2 Å². The van der Waals surface area contributed by atoms with Gasteiger partial charge in [0.2, 0.25) is 0 Å². The van der Waals surface area contributed by atoms with E-state index in [0.29, 0.717) is 13.2 Å². The van der Waals surface area contributed by atoms with Gasteiger partial charge in [-0.3, -0.25) is 4.79 Å². The summed E-state index contributed by atoms with van der Waals surface area (Å²) >= 11 is 0. The normalized spacial score (nSPS) is 19.2. The number of carbonyl (C=O) groups excluding carboxylic acids is 1. The van der Waals surface area contributed by atoms with E-state index >= 15 is 0 Å². The van der Waals surface area contributed by atoms with E-state index in [0.717, 1.165) is 24.3 Å². The minimum Gasteiger partial charge on any atom is -0.489 e. The van der Waals surface area contributed by atoms with Gasteiger partial charge in [0, 0.05) is 12.5 Å². The monoisotopic (exact) mass is 417 g/mol. The SMILES string of the molecule is CC(C)(C)C(=O)OC1CNCCC1c1ccc(OCc2ccc3ccccc3c2)cc1. The van der Waals surface area contributed by atoms with Crippen molar-refractivity contribution in [3.05, 3.63) is 77.9 Å². The molecule has 4 nitrogen and oxygen atoms in total. The standard InChI is InChI=1S/C27H31NO3/c1-27(2,3)26(29)31-25-17-28-15-14-24(25)21-10-12-23(13-11-21)30-18-19-8-9-20-6-4-5-7-22(20)16-19/h4-13,16,24-25,28H,14-15,17-18H2,1-3H3. The number of hydrogen-bond acceptors (Lipinski definition) is 4. The van der Waals surface area contributed by atoms with Gasteiger partial charge in [0.1, 0.15) is 18.5 Å². The molecule has 1 N–H and O–H groups in total. The van der Waals surface area contributed by atoms with E-state index in [9.17, 15) is 4.79 Å². The van der Waals surface area contributed by atoms with Crippen LogP contribution in [0.15, 0.2) is 66.7 Å². The first kappa shape index (κ1) is 21.4. The lowest BCUT2D eigenvalue weighted by Crippen LogP contribution is -2.43. The molecule has 1 aliphatic rings. The van der Waals surface area contributed by atoms with Gasteiger partial charge in [-0.25, -0.2) is 0 Å². The minimum absolute atomic E-state index is 0.148. The van der Waals surface area contributed by atoms with Crippen LogP contribution in [0.2, 0.25) is 0 Å². The van der Waals surface area contributed by atoms with Crippen molar-refractivity contribution in [3.63, 3.8) is 0 Å². The maximum absolute atomic E-state index is 12.4. The highest BCUT2D eigenvalue weighted by molar-refractivity contribution is 5.83. The van der Waals surface area contributed by atoms with E-state index in [2.05, 4.69) is 59.9 Å². The average Bonchev–Trinajstić information content (AvgIpc) is 2.78. The predicted octanol–water partition coefficient (Wildman–Crippen LogP) is 5.45. The first-order chi connectivity index (χ1) is 14.9. The molecule has 0 saturated carbocycles. The van der Waals surface area contributed by atoms with Crippen molar-refractivity contribution >= 4 is 16.7 Å². The van der Waals surface area contributed by atoms with Crippen molar-refractivity contribution in [2.24, 2.45) is 5.41 Å². The van der Waals surface area contributed by atoms with E-state index in [1.807, 2.05) is 32.9 Å². The third-order valence-electron chi connectivity index (χ3n) is 5.82. The zero-order valence-corrected chi connectivity index (χ0v) is 18.6. The van der Waals surface area contributed by atoms with Crippen molar-refractivity contribution in [2.45, 2.75) is 45.8 Å². The molecule has 3 aromatic carbocycles. The van der Waals surface area contributed by atoms with Crippen LogP contribution in [0.3, 0.4) is 0 Å². The lowest BCUT2D eigenvalue weighted by atomic mass is 9.87. The fraction of sp³-hybridized carbons (Fsp3) is 0.370. The van der Waals surface area contributed by atoms with Crippen LogP contribution >= 0.6 is 0 Å². The van der Waals surface area contributed by atoms with Gasteiger partial charge in [-0.1, -0.05) is 48.5 Å². The van der Waals surface area contributed by atoms with Crippen LogP contribution in [0.5, 0.6) is 5.75 Å². The Hall–Kier alpha value is -2.85. The summed E-state index contributed by atoms with van der Waals surface area (Å²) in [6.45, 7) is 7.82. The second-order valence-electron chi connectivity index (χ2n) is 9.33. The average molecular weight is 418 g/mol. The van der Waals surface area contributed by atoms with E-state index < -0.39 is 5.41 Å². The number of fused-ring (bicyclic) bond motifs is 1. The molecule has 4 rings (SSSR count). The largest absolute Gasteiger partial charge is 0.489 e. The zero-order valence-electron chi connectivity index (χ0n) is 18.6. The van der Waals surface area contributed by atoms with Gasteiger partial charge in [0.15, 0.2) is 0 Å². The molecular weight excluding hydrogens is 386 g/mol. The Morgan fingerprint density at radius 2 is 1.74 bits per heavy atom. The van der Waals surface area contributed by atoms with Gasteiger partial charge in [-0.2, -0.15) is 0 Å². The number of piperidine rings is 1. The Balaban J connectivity index is 1.40. The van der Waals surface area contributed by atoms with E-state index in [1.54, 1.807) is 0 Å². The van der Waals surface area contributed by atoms with Crippen LogP contribution in [0.25, 0.3) is 10.8 Å². The lowest BCUT2D eigenvalue weighted by molar-refractivity contribution is -0.160. The van der Waals surface area contributed by atoms with Crippen LogP contribution in [0.4, 0.5) is 0 Å². The van der Waals surface area contributed by atoms with Gasteiger partial charge in [0.25, 0.3) is 0 Å². The molecule has 31 heavy (non-hydrogen) atoms. The molecule has 2 atom stereocenters. The molecule has 0 bridgehead atoms. The zero-order chi connectivity index (χ0) is 21.8. The second kappa shape index (κ2) is 9.11. The van der Waals surface area contributed by atoms with Gasteiger partial charge in [-0.15, -0.1) is 0 Å². The summed E-state index contributed by atoms with van der Waals surface area (Å²) < 4.78 is 11.9. The summed E-state index contributed by atoms with van der Waals surface area (Å²) in [6, 6.07) is 23.0. The highest BCUT2D eigenvalue weighted by Crippen LogP contribution is 2.31. The molecule has 0 radical (unpaired) electrons. The number of benzene rings is 3. The first-order valence-corrected chi connectivity index (χ1v) is 11.0. The van der Waals surface area contributed by atoms with E-state index in [4.69, 9.17) is 9.47 Å². The molecular formula is C27H31NO3. The molecule has 1 heterocycles. The minimum atomic E-state index is -0.498. The molecule has 0 amide bonds. The quantitative estimate of drug-likeness (QED) is 0.561. The number of hydrogen-bond donors (Lipinski definition) is 1. The highest BCUT2D eigenvalue weighted by Gasteiger charge is 2.33. The molecule has 0 spiro atoms. The lowest BCUT2D eigenvalue weighted by Gasteiger charge is -2.34. The molecule has 1 saturated heterocycles. The number of esters is 1. The van der Waals surface area contributed by atoms with Gasteiger partial charge < -0.3 is 14.8 Å². The predicted molar refractivity (Wildman–Crippen MR) is 124 cm³/mol. The Morgan fingerprint density at radius 1 is 1.00 bits per heavy atom. The van der Waals surface area contributed by atoms with Crippen molar-refractivity contribution in [2.75, 3.05) is 13.1 Å². The van der Waals surface area contributed by atoms with Crippen molar-refractivity contribution in [3.8, 4) is 5.75 Å². The summed E-state index contributed by atoms with van der Waals surface area (Å²) in [5, 5.41) is 5.81. The summed E-state index contributed by atoms with van der Waals surface area (Å²) in [5.74, 6) is 0.887. The van der Waals surface area contributed by atoms with Crippen molar-refractivity contribution in [1.82, 2.24) is 5.32 Å². The number of carbonyl (C=O) groups is 1. The van der Waals surface area contributed by atoms with Crippen LogP contribution in [-0.4, -0.2) is 25.2 Å². The maximum atomic E-state index is 12.4. The van der Waals surface area contributed by atoms with Crippen molar-refractivity contribution < 1.29 is 14.3 Å². The number of nitrogens with one attached hydrogen (secondary N) is 1. The summed E-state index contributed by atoms with van der Waals surface area (Å²) in [5.41, 5.74) is 1.84. The topological polar surface area (TPSA) is 47.6 Å². The molecule has 1 aliphatic heterocycles. The third-order valence-corrected chi connectivity index (χ3v) is 5.82. The summed E-state index contributed by atoms with van der Waals surface area (Å²) in [6.07, 6.45) is 0.796. The Kier molecular flexibility index (Phi) is 6.28. The fourth-order valence-corrected chi connectivity index (χ4v) is 3.96. The summed E-state index contributed by atoms with van der Waals surface area (Å²) in [7, 11) is 0. The van der Waals surface area contributed by atoms with Gasteiger partial charge in [0.05, 0.1) is 5.41 Å².